The number of carbonyl (C=O) groups excluding carboxylic acids is 2. The van der Waals surface area contributed by atoms with Gasteiger partial charge >= 0.3 is 18.3 Å². The van der Waals surface area contributed by atoms with Gasteiger partial charge in [-0.15, -0.1) is 0 Å². The van der Waals surface area contributed by atoms with Crippen LogP contribution in [-0.2, 0) is 20.5 Å². The van der Waals surface area contributed by atoms with Crippen LogP contribution in [0.5, 0.6) is 0 Å². The molecule has 0 heterocycles. The van der Waals surface area contributed by atoms with Crippen LogP contribution in [-0.4, -0.2) is 24.5 Å². The number of rotatable bonds is 4. The van der Waals surface area contributed by atoms with Crippen LogP contribution in [0.2, 0.25) is 0 Å². The summed E-state index contributed by atoms with van der Waals surface area (Å²) in [6.07, 6.45) is -9.02. The number of hydrogen-bond donors (Lipinski definition) is 0. The van der Waals surface area contributed by atoms with Gasteiger partial charge in [-0.05, 0) is 24.6 Å². The topological polar surface area (TPSA) is 43.4 Å². The molecule has 1 aromatic carbocycles. The van der Waals surface area contributed by atoms with Crippen LogP contribution in [0.3, 0.4) is 0 Å². The van der Waals surface area contributed by atoms with Gasteiger partial charge in [0.25, 0.3) is 0 Å². The van der Waals surface area contributed by atoms with Crippen molar-refractivity contribution in [3.8, 4) is 0 Å². The number of Topliss-reactive ketones (excluding diaryl/α,β-unsaturated/α-hetero) is 1. The summed E-state index contributed by atoms with van der Waals surface area (Å²) in [7, 11) is 0. The van der Waals surface area contributed by atoms with Crippen LogP contribution in [0.1, 0.15) is 18.1 Å². The molecule has 3 nitrogen and oxygen atoms in total. The number of alkyl halides is 6. The largest absolute Gasteiger partial charge is 0.452 e. The Morgan fingerprint density at radius 1 is 1.09 bits per heavy atom. The van der Waals surface area contributed by atoms with E-state index in [0.717, 1.165) is 19.1 Å². The van der Waals surface area contributed by atoms with E-state index in [1.807, 2.05) is 0 Å². The van der Waals surface area contributed by atoms with E-state index >= 15 is 0 Å². The third-order valence-corrected chi connectivity index (χ3v) is 2.53. The highest BCUT2D eigenvalue weighted by atomic mass is 19.4. The van der Waals surface area contributed by atoms with Crippen molar-refractivity contribution < 1.29 is 40.7 Å². The summed E-state index contributed by atoms with van der Waals surface area (Å²) in [4.78, 5) is 22.8. The Labute approximate surface area is 126 Å². The third kappa shape index (κ3) is 5.76. The van der Waals surface area contributed by atoms with Crippen molar-refractivity contribution in [1.29, 1.82) is 0 Å². The molecule has 0 fully saturated rings. The van der Waals surface area contributed by atoms with Crippen molar-refractivity contribution in [2.24, 2.45) is 0 Å². The summed E-state index contributed by atoms with van der Waals surface area (Å²) in [5.74, 6) is -2.67. The van der Waals surface area contributed by atoms with E-state index < -0.39 is 47.4 Å². The fourth-order valence-corrected chi connectivity index (χ4v) is 1.57. The second-order valence-electron chi connectivity index (χ2n) is 4.39. The van der Waals surface area contributed by atoms with Crippen LogP contribution in [0.25, 0.3) is 6.08 Å². The van der Waals surface area contributed by atoms with Gasteiger partial charge in [-0.25, -0.2) is 4.79 Å². The lowest BCUT2D eigenvalue weighted by atomic mass is 10.0. The van der Waals surface area contributed by atoms with Crippen molar-refractivity contribution in [3.63, 3.8) is 0 Å². The van der Waals surface area contributed by atoms with E-state index in [2.05, 4.69) is 4.74 Å². The smallest absolute Gasteiger partial charge is 0.422 e. The van der Waals surface area contributed by atoms with Gasteiger partial charge in [0, 0.05) is 0 Å². The Morgan fingerprint density at radius 2 is 1.65 bits per heavy atom. The van der Waals surface area contributed by atoms with Crippen LogP contribution in [0, 0.1) is 0 Å². The van der Waals surface area contributed by atoms with E-state index in [1.165, 1.54) is 6.07 Å². The van der Waals surface area contributed by atoms with Crippen LogP contribution < -0.4 is 0 Å². The fourth-order valence-electron chi connectivity index (χ4n) is 1.57. The first-order chi connectivity index (χ1) is 10.4. The first-order valence-corrected chi connectivity index (χ1v) is 6.04. The molecule has 0 aliphatic heterocycles. The predicted octanol–water partition coefficient (Wildman–Crippen LogP) is 3.78. The molecule has 9 heteroatoms. The number of esters is 1. The van der Waals surface area contributed by atoms with Crippen LogP contribution >= 0.6 is 0 Å². The maximum absolute atomic E-state index is 12.8. The molecule has 126 valence electrons. The van der Waals surface area contributed by atoms with Crippen molar-refractivity contribution in [3.05, 3.63) is 41.0 Å². The molecule has 0 atom stereocenters. The minimum Gasteiger partial charge on any atom is -0.452 e. The molecule has 0 N–H and O–H groups in total. The Bertz CT molecular complexity index is 628. The number of carbonyl (C=O) groups is 2. The highest BCUT2D eigenvalue weighted by molar-refractivity contribution is 6.19. The number of ether oxygens (including phenoxy) is 1. The third-order valence-electron chi connectivity index (χ3n) is 2.53. The molecule has 0 saturated carbocycles. The summed E-state index contributed by atoms with van der Waals surface area (Å²) in [6, 6.07) is 4.00. The summed E-state index contributed by atoms with van der Waals surface area (Å²) in [5, 5.41) is 0. The number of hydrogen-bond acceptors (Lipinski definition) is 3. The number of halogens is 6. The van der Waals surface area contributed by atoms with Crippen molar-refractivity contribution in [2.75, 3.05) is 6.61 Å². The predicted molar refractivity (Wildman–Crippen MR) is 67.1 cm³/mol. The molecule has 1 rings (SSSR count). The first-order valence-electron chi connectivity index (χ1n) is 6.04. The SMILES string of the molecule is CC(=O)C(=Cc1ccccc1C(F)(F)F)C(=O)OCC(F)(F)F. The second kappa shape index (κ2) is 6.84. The first kappa shape index (κ1) is 18.7. The minimum atomic E-state index is -4.82. The molecule has 0 saturated heterocycles. The van der Waals surface area contributed by atoms with E-state index in [1.54, 1.807) is 0 Å². The van der Waals surface area contributed by atoms with Crippen molar-refractivity contribution in [1.82, 2.24) is 0 Å². The minimum absolute atomic E-state index is 0.533. The lowest BCUT2D eigenvalue weighted by Crippen LogP contribution is -2.23. The summed E-state index contributed by atoms with van der Waals surface area (Å²) < 4.78 is 78.4. The zero-order valence-corrected chi connectivity index (χ0v) is 11.6. The molecular formula is C14H10F6O3. The van der Waals surface area contributed by atoms with Gasteiger partial charge < -0.3 is 4.74 Å². The van der Waals surface area contributed by atoms with Gasteiger partial charge in [0.15, 0.2) is 12.4 Å². The molecule has 23 heavy (non-hydrogen) atoms. The van der Waals surface area contributed by atoms with E-state index in [9.17, 15) is 35.9 Å². The number of benzene rings is 1. The molecule has 0 amide bonds. The maximum atomic E-state index is 12.8. The van der Waals surface area contributed by atoms with Crippen LogP contribution in [0.4, 0.5) is 26.3 Å². The van der Waals surface area contributed by atoms with E-state index in [4.69, 9.17) is 0 Å². The summed E-state index contributed by atoms with van der Waals surface area (Å²) in [5.41, 5.74) is -2.58. The normalized spacial score (nSPS) is 12.9. The van der Waals surface area contributed by atoms with Crippen molar-refractivity contribution >= 4 is 17.8 Å². The lowest BCUT2D eigenvalue weighted by Gasteiger charge is -2.12. The number of ketones is 1. The zero-order chi connectivity index (χ0) is 17.8. The van der Waals surface area contributed by atoms with Gasteiger partial charge in [0.1, 0.15) is 5.57 Å². The monoisotopic (exact) mass is 340 g/mol. The average molecular weight is 340 g/mol. The second-order valence-corrected chi connectivity index (χ2v) is 4.39. The molecule has 1 aromatic rings. The summed E-state index contributed by atoms with van der Waals surface area (Å²) in [6.45, 7) is -1.12. The summed E-state index contributed by atoms with van der Waals surface area (Å²) >= 11 is 0. The molecule has 0 radical (unpaired) electrons. The van der Waals surface area contributed by atoms with Gasteiger partial charge in [-0.3, -0.25) is 4.79 Å². The quantitative estimate of drug-likeness (QED) is 0.275. The average Bonchev–Trinajstić information content (AvgIpc) is 2.40. The highest BCUT2D eigenvalue weighted by Gasteiger charge is 2.34. The highest BCUT2D eigenvalue weighted by Crippen LogP contribution is 2.33. The zero-order valence-electron chi connectivity index (χ0n) is 11.6. The fraction of sp³-hybridized carbons (Fsp3) is 0.286. The van der Waals surface area contributed by atoms with Crippen LogP contribution in [0.15, 0.2) is 29.8 Å². The van der Waals surface area contributed by atoms with Gasteiger partial charge in [-0.2, -0.15) is 26.3 Å². The van der Waals surface area contributed by atoms with E-state index in [-0.39, 0.29) is 0 Å². The molecule has 0 aliphatic rings. The maximum Gasteiger partial charge on any atom is 0.422 e. The molecule has 0 aromatic heterocycles. The molecule has 0 aliphatic carbocycles. The molecular weight excluding hydrogens is 330 g/mol. The lowest BCUT2D eigenvalue weighted by molar-refractivity contribution is -0.183. The van der Waals surface area contributed by atoms with Gasteiger partial charge in [-0.1, -0.05) is 18.2 Å². The van der Waals surface area contributed by atoms with Gasteiger partial charge in [0.05, 0.1) is 5.56 Å². The standard InChI is InChI=1S/C14H10F6O3/c1-8(21)10(12(22)23-7-13(15,16)17)6-9-4-2-3-5-11(9)14(18,19)20/h2-6H,7H2,1H3. The van der Waals surface area contributed by atoms with Gasteiger partial charge in [0.2, 0.25) is 0 Å². The Balaban J connectivity index is 3.19. The Morgan fingerprint density at radius 3 is 2.13 bits per heavy atom. The molecule has 0 spiro atoms. The van der Waals surface area contributed by atoms with Crippen molar-refractivity contribution in [2.45, 2.75) is 19.3 Å². The molecule has 0 bridgehead atoms. The Kier molecular flexibility index (Phi) is 5.57. The van der Waals surface area contributed by atoms with E-state index in [0.29, 0.717) is 12.1 Å². The molecule has 0 unspecified atom stereocenters. The Hall–Kier alpha value is -2.32.